The topological polar surface area (TPSA) is 61.8 Å². The Hall–Kier alpha value is -1.88. The SMILES string of the molecule is CC(c1ccc(Cl)cc1)N(C)C(=O)CCC1=NNC(=O)CC1. The monoisotopic (exact) mass is 321 g/mol. The van der Waals surface area contributed by atoms with Gasteiger partial charge in [0.1, 0.15) is 0 Å². The van der Waals surface area contributed by atoms with Crippen LogP contribution in [0.3, 0.4) is 0 Å². The second kappa shape index (κ2) is 7.40. The average Bonchev–Trinajstić information content (AvgIpc) is 2.53. The molecule has 1 heterocycles. The van der Waals surface area contributed by atoms with Crippen molar-refractivity contribution in [3.05, 3.63) is 34.9 Å². The van der Waals surface area contributed by atoms with Gasteiger partial charge in [-0.2, -0.15) is 5.10 Å². The highest BCUT2D eigenvalue weighted by molar-refractivity contribution is 6.30. The summed E-state index contributed by atoms with van der Waals surface area (Å²) in [5, 5.41) is 4.67. The summed E-state index contributed by atoms with van der Waals surface area (Å²) in [4.78, 5) is 25.0. The number of nitrogens with one attached hydrogen (secondary N) is 1. The fraction of sp³-hybridized carbons (Fsp3) is 0.438. The van der Waals surface area contributed by atoms with Crippen LogP contribution in [0.1, 0.15) is 44.2 Å². The van der Waals surface area contributed by atoms with Gasteiger partial charge in [0.15, 0.2) is 0 Å². The predicted molar refractivity (Wildman–Crippen MR) is 86.7 cm³/mol. The van der Waals surface area contributed by atoms with Crippen LogP contribution in [0.5, 0.6) is 0 Å². The molecule has 1 N–H and O–H groups in total. The third-order valence-corrected chi connectivity index (χ3v) is 4.19. The molecular formula is C16H20ClN3O2. The zero-order chi connectivity index (χ0) is 16.1. The molecule has 22 heavy (non-hydrogen) atoms. The van der Waals surface area contributed by atoms with E-state index in [1.165, 1.54) is 0 Å². The van der Waals surface area contributed by atoms with Crippen LogP contribution in [0, 0.1) is 0 Å². The predicted octanol–water partition coefficient (Wildman–Crippen LogP) is 2.91. The summed E-state index contributed by atoms with van der Waals surface area (Å²) in [6, 6.07) is 7.49. The molecular weight excluding hydrogens is 302 g/mol. The molecule has 6 heteroatoms. The molecule has 1 atom stereocenters. The molecule has 1 aromatic carbocycles. The van der Waals surface area contributed by atoms with E-state index in [2.05, 4.69) is 10.5 Å². The summed E-state index contributed by atoms with van der Waals surface area (Å²) in [5.74, 6) is -0.00870. The van der Waals surface area contributed by atoms with Crippen LogP contribution in [0.15, 0.2) is 29.4 Å². The van der Waals surface area contributed by atoms with Crippen molar-refractivity contribution in [2.24, 2.45) is 5.10 Å². The van der Waals surface area contributed by atoms with Gasteiger partial charge in [0.05, 0.1) is 6.04 Å². The Bertz CT molecular complexity index is 584. The van der Waals surface area contributed by atoms with E-state index in [9.17, 15) is 9.59 Å². The largest absolute Gasteiger partial charge is 0.339 e. The minimum atomic E-state index is -0.0662. The van der Waals surface area contributed by atoms with E-state index in [0.29, 0.717) is 30.7 Å². The summed E-state index contributed by atoms with van der Waals surface area (Å²) in [5.41, 5.74) is 4.37. The molecule has 0 fully saturated rings. The lowest BCUT2D eigenvalue weighted by atomic mass is 10.1. The Balaban J connectivity index is 1.88. The number of hydrazone groups is 1. The Morgan fingerprint density at radius 1 is 1.36 bits per heavy atom. The van der Waals surface area contributed by atoms with Crippen molar-refractivity contribution in [2.45, 2.75) is 38.6 Å². The zero-order valence-electron chi connectivity index (χ0n) is 12.8. The van der Waals surface area contributed by atoms with Crippen molar-refractivity contribution < 1.29 is 9.59 Å². The number of nitrogens with zero attached hydrogens (tertiary/aromatic N) is 2. The van der Waals surface area contributed by atoms with E-state index in [-0.39, 0.29) is 17.9 Å². The van der Waals surface area contributed by atoms with Gasteiger partial charge in [-0.3, -0.25) is 9.59 Å². The first kappa shape index (κ1) is 16.5. The number of carbonyl (C=O) groups is 2. The number of amides is 2. The number of hydrogen-bond donors (Lipinski definition) is 1. The highest BCUT2D eigenvalue weighted by Gasteiger charge is 2.19. The lowest BCUT2D eigenvalue weighted by molar-refractivity contribution is -0.131. The van der Waals surface area contributed by atoms with Crippen molar-refractivity contribution in [3.63, 3.8) is 0 Å². The molecule has 1 aliphatic heterocycles. The first-order chi connectivity index (χ1) is 10.5. The maximum absolute atomic E-state index is 12.3. The Labute approximate surface area is 135 Å². The molecule has 0 saturated heterocycles. The van der Waals surface area contributed by atoms with E-state index in [1.54, 1.807) is 11.9 Å². The molecule has 1 aromatic rings. The number of hydrogen-bond acceptors (Lipinski definition) is 3. The molecule has 118 valence electrons. The minimum Gasteiger partial charge on any atom is -0.339 e. The maximum atomic E-state index is 12.3. The zero-order valence-corrected chi connectivity index (χ0v) is 13.6. The summed E-state index contributed by atoms with van der Waals surface area (Å²) in [7, 11) is 1.80. The van der Waals surface area contributed by atoms with Crippen LogP contribution in [0.25, 0.3) is 0 Å². The van der Waals surface area contributed by atoms with Crippen LogP contribution in [-0.4, -0.2) is 29.5 Å². The van der Waals surface area contributed by atoms with Gasteiger partial charge in [0.25, 0.3) is 0 Å². The van der Waals surface area contributed by atoms with Gasteiger partial charge in [0, 0.05) is 30.6 Å². The Morgan fingerprint density at radius 3 is 2.64 bits per heavy atom. The molecule has 0 saturated carbocycles. The fourth-order valence-corrected chi connectivity index (χ4v) is 2.43. The molecule has 0 aliphatic carbocycles. The fourth-order valence-electron chi connectivity index (χ4n) is 2.30. The lowest BCUT2D eigenvalue weighted by Crippen LogP contribution is -2.31. The van der Waals surface area contributed by atoms with Gasteiger partial charge >= 0.3 is 0 Å². The van der Waals surface area contributed by atoms with Crippen molar-refractivity contribution in [3.8, 4) is 0 Å². The number of benzene rings is 1. The van der Waals surface area contributed by atoms with E-state index in [1.807, 2.05) is 31.2 Å². The van der Waals surface area contributed by atoms with Crippen LogP contribution in [0.4, 0.5) is 0 Å². The Kier molecular flexibility index (Phi) is 5.55. The molecule has 0 aromatic heterocycles. The normalized spacial score (nSPS) is 15.8. The first-order valence-corrected chi connectivity index (χ1v) is 7.70. The lowest BCUT2D eigenvalue weighted by Gasteiger charge is -2.25. The van der Waals surface area contributed by atoms with Crippen LogP contribution >= 0.6 is 11.6 Å². The molecule has 2 rings (SSSR count). The summed E-state index contributed by atoms with van der Waals surface area (Å²) < 4.78 is 0. The molecule has 1 unspecified atom stereocenters. The smallest absolute Gasteiger partial charge is 0.240 e. The average molecular weight is 322 g/mol. The van der Waals surface area contributed by atoms with Crippen molar-refractivity contribution in [2.75, 3.05) is 7.05 Å². The van der Waals surface area contributed by atoms with E-state index >= 15 is 0 Å². The third kappa shape index (κ3) is 4.31. The van der Waals surface area contributed by atoms with Crippen LogP contribution in [-0.2, 0) is 9.59 Å². The third-order valence-electron chi connectivity index (χ3n) is 3.93. The summed E-state index contributed by atoms with van der Waals surface area (Å²) in [6.45, 7) is 1.99. The molecule has 5 nitrogen and oxygen atoms in total. The molecule has 0 bridgehead atoms. The molecule has 0 radical (unpaired) electrons. The second-order valence-electron chi connectivity index (χ2n) is 5.45. The highest BCUT2D eigenvalue weighted by atomic mass is 35.5. The Morgan fingerprint density at radius 2 is 2.05 bits per heavy atom. The van der Waals surface area contributed by atoms with Crippen LogP contribution in [0.2, 0.25) is 5.02 Å². The molecule has 0 spiro atoms. The number of rotatable bonds is 5. The minimum absolute atomic E-state index is 0.0160. The van der Waals surface area contributed by atoms with Gasteiger partial charge < -0.3 is 4.90 Å². The van der Waals surface area contributed by atoms with Gasteiger partial charge in [-0.25, -0.2) is 5.43 Å². The van der Waals surface area contributed by atoms with Gasteiger partial charge in [-0.1, -0.05) is 23.7 Å². The maximum Gasteiger partial charge on any atom is 0.240 e. The van der Waals surface area contributed by atoms with Crippen LogP contribution < -0.4 is 5.43 Å². The molecule has 1 aliphatic rings. The van der Waals surface area contributed by atoms with Crippen molar-refractivity contribution in [1.82, 2.24) is 10.3 Å². The van der Waals surface area contributed by atoms with Gasteiger partial charge in [0.2, 0.25) is 11.8 Å². The highest BCUT2D eigenvalue weighted by Crippen LogP contribution is 2.21. The first-order valence-electron chi connectivity index (χ1n) is 7.33. The van der Waals surface area contributed by atoms with Gasteiger partial charge in [-0.05, 0) is 37.5 Å². The van der Waals surface area contributed by atoms with E-state index < -0.39 is 0 Å². The standard InChI is InChI=1S/C16H20ClN3O2/c1-11(12-3-5-13(17)6-4-12)20(2)16(22)10-8-14-7-9-15(21)19-18-14/h3-6,11H,7-10H2,1-2H3,(H,19,21). The van der Waals surface area contributed by atoms with Crippen molar-refractivity contribution >= 4 is 29.1 Å². The van der Waals surface area contributed by atoms with Crippen molar-refractivity contribution in [1.29, 1.82) is 0 Å². The van der Waals surface area contributed by atoms with Gasteiger partial charge in [-0.15, -0.1) is 0 Å². The van der Waals surface area contributed by atoms with E-state index in [0.717, 1.165) is 11.3 Å². The quantitative estimate of drug-likeness (QED) is 0.906. The second-order valence-corrected chi connectivity index (χ2v) is 5.88. The summed E-state index contributed by atoms with van der Waals surface area (Å²) in [6.07, 6.45) is 2.06. The number of halogens is 1. The number of carbonyl (C=O) groups excluding carboxylic acids is 2. The molecule has 2 amide bonds. The summed E-state index contributed by atoms with van der Waals surface area (Å²) >= 11 is 5.88. The van der Waals surface area contributed by atoms with E-state index in [4.69, 9.17) is 11.6 Å².